The monoisotopic (exact) mass is 417 g/mol. The van der Waals surface area contributed by atoms with E-state index in [1.165, 1.54) is 0 Å². The molecule has 0 radical (unpaired) electrons. The number of hydrogen-bond acceptors (Lipinski definition) is 6. The molecule has 2 N–H and O–H groups in total. The van der Waals surface area contributed by atoms with Gasteiger partial charge in [0, 0.05) is 17.0 Å². The van der Waals surface area contributed by atoms with Gasteiger partial charge < -0.3 is 19.3 Å². The van der Waals surface area contributed by atoms with Crippen molar-refractivity contribution in [2.24, 2.45) is 22.7 Å². The fourth-order valence-corrected chi connectivity index (χ4v) is 6.24. The summed E-state index contributed by atoms with van der Waals surface area (Å²) in [7, 11) is 1.59. The zero-order valence-corrected chi connectivity index (χ0v) is 17.8. The van der Waals surface area contributed by atoms with Crippen molar-refractivity contribution < 1.29 is 28.9 Å². The number of amides is 1. The lowest BCUT2D eigenvalue weighted by atomic mass is 9.46. The predicted molar refractivity (Wildman–Crippen MR) is 110 cm³/mol. The molecule has 1 amide bonds. The second-order valence-corrected chi connectivity index (χ2v) is 9.42. The Bertz CT molecular complexity index is 810. The first-order valence-electron chi connectivity index (χ1n) is 10.7. The first-order chi connectivity index (χ1) is 14.3. The van der Waals surface area contributed by atoms with Crippen LogP contribution in [0.5, 0.6) is 5.75 Å². The van der Waals surface area contributed by atoms with E-state index in [9.17, 15) is 14.7 Å². The van der Waals surface area contributed by atoms with E-state index in [0.29, 0.717) is 24.3 Å². The van der Waals surface area contributed by atoms with Gasteiger partial charge in [-0.05, 0) is 61.3 Å². The second kappa shape index (κ2) is 7.76. The van der Waals surface area contributed by atoms with Crippen LogP contribution in [0.1, 0.15) is 46.0 Å². The van der Waals surface area contributed by atoms with Gasteiger partial charge in [-0.2, -0.15) is 0 Å². The Labute approximate surface area is 177 Å². The lowest BCUT2D eigenvalue weighted by Crippen LogP contribution is -2.59. The van der Waals surface area contributed by atoms with Gasteiger partial charge >= 0.3 is 12.1 Å². The molecule has 164 valence electrons. The zero-order valence-electron chi connectivity index (χ0n) is 17.8. The van der Waals surface area contributed by atoms with Gasteiger partial charge in [-0.25, -0.2) is 4.79 Å². The molecule has 3 fully saturated rings. The van der Waals surface area contributed by atoms with Crippen LogP contribution >= 0.6 is 0 Å². The van der Waals surface area contributed by atoms with Crippen molar-refractivity contribution in [1.29, 1.82) is 0 Å². The molecule has 0 spiro atoms. The van der Waals surface area contributed by atoms with Crippen molar-refractivity contribution in [3.63, 3.8) is 0 Å². The number of fused-ring (bicyclic) bond motifs is 3. The molecule has 0 bridgehead atoms. The molecule has 1 aromatic rings. The number of aliphatic hydroxyl groups is 1. The summed E-state index contributed by atoms with van der Waals surface area (Å²) < 4.78 is 16.5. The number of esters is 1. The summed E-state index contributed by atoms with van der Waals surface area (Å²) in [5.74, 6) is 0.912. The van der Waals surface area contributed by atoms with Crippen molar-refractivity contribution >= 4 is 17.7 Å². The Morgan fingerprint density at radius 3 is 2.63 bits per heavy atom. The second-order valence-electron chi connectivity index (χ2n) is 9.42. The molecule has 6 atom stereocenters. The maximum Gasteiger partial charge on any atom is 0.411 e. The van der Waals surface area contributed by atoms with Crippen molar-refractivity contribution in [2.45, 2.75) is 58.2 Å². The maximum absolute atomic E-state index is 12.6. The molecule has 4 rings (SSSR count). The number of ether oxygens (including phenoxy) is 3. The first-order valence-corrected chi connectivity index (χ1v) is 10.7. The minimum absolute atomic E-state index is 0.0162. The van der Waals surface area contributed by atoms with Crippen molar-refractivity contribution in [1.82, 2.24) is 0 Å². The van der Waals surface area contributed by atoms with Crippen LogP contribution in [0.2, 0.25) is 0 Å². The zero-order chi connectivity index (χ0) is 21.5. The van der Waals surface area contributed by atoms with Gasteiger partial charge in [0.1, 0.15) is 18.0 Å². The average molecular weight is 418 g/mol. The summed E-state index contributed by atoms with van der Waals surface area (Å²) in [5.41, 5.74) is -0.0611. The molecule has 0 aromatic heterocycles. The van der Waals surface area contributed by atoms with E-state index in [1.807, 2.05) is 6.92 Å². The fourth-order valence-electron chi connectivity index (χ4n) is 6.24. The molecule has 7 nitrogen and oxygen atoms in total. The third-order valence-corrected chi connectivity index (χ3v) is 7.90. The summed E-state index contributed by atoms with van der Waals surface area (Å²) in [6.45, 7) is 4.16. The van der Waals surface area contributed by atoms with Gasteiger partial charge in [-0.3, -0.25) is 10.1 Å². The minimum Gasteiger partial charge on any atom is -0.497 e. The lowest BCUT2D eigenvalue weighted by molar-refractivity contribution is -0.174. The number of aliphatic hydroxyl groups excluding tert-OH is 1. The quantitative estimate of drug-likeness (QED) is 0.725. The molecule has 7 heteroatoms. The van der Waals surface area contributed by atoms with Gasteiger partial charge in [-0.1, -0.05) is 13.8 Å². The van der Waals surface area contributed by atoms with E-state index < -0.39 is 17.6 Å². The first kappa shape index (κ1) is 21.0. The van der Waals surface area contributed by atoms with E-state index in [-0.39, 0.29) is 35.9 Å². The summed E-state index contributed by atoms with van der Waals surface area (Å²) in [5, 5.41) is 13.2. The highest BCUT2D eigenvalue weighted by atomic mass is 16.6. The number of hydrogen-bond donors (Lipinski definition) is 2. The maximum atomic E-state index is 12.6. The number of anilines is 1. The Morgan fingerprint density at radius 1 is 1.23 bits per heavy atom. The summed E-state index contributed by atoms with van der Waals surface area (Å²) >= 11 is 0. The molecule has 0 unspecified atom stereocenters. The van der Waals surface area contributed by atoms with Crippen molar-refractivity contribution in [2.75, 3.05) is 19.0 Å². The van der Waals surface area contributed by atoms with Crippen LogP contribution in [0.25, 0.3) is 0 Å². The Hall–Kier alpha value is -2.28. The Morgan fingerprint density at radius 2 is 1.97 bits per heavy atom. The topological polar surface area (TPSA) is 94.1 Å². The fraction of sp³-hybridized carbons (Fsp3) is 0.652. The number of methoxy groups -OCH3 is 1. The number of carbonyl (C=O) groups is 2. The molecule has 30 heavy (non-hydrogen) atoms. The van der Waals surface area contributed by atoms with E-state index in [2.05, 4.69) is 12.2 Å². The normalized spacial score (nSPS) is 37.5. The standard InChI is InChI=1S/C23H31NO6/c1-22-11-10-19(30-21(27)24-14-4-6-15(28-3)7-5-14)23(2,13-25)18(22)9-8-17-16(22)12-20(26)29-17/h4-7,16-19,25H,8-13H2,1-3H3,(H,24,27)/t16-,17-,18-,19-,22+,23+/m1/s1. The lowest BCUT2D eigenvalue weighted by Gasteiger charge is -2.59. The van der Waals surface area contributed by atoms with Crippen LogP contribution in [0, 0.1) is 22.7 Å². The number of benzene rings is 1. The SMILES string of the molecule is COc1ccc(NC(=O)O[C@@H]2CC[C@]3(C)[C@@H](CC[C@H]4OC(=O)C[C@H]43)[C@]2(C)CO)cc1. The molecular weight excluding hydrogens is 386 g/mol. The highest BCUT2D eigenvalue weighted by molar-refractivity contribution is 5.84. The van der Waals surface area contributed by atoms with Crippen LogP contribution in [-0.4, -0.2) is 43.1 Å². The largest absolute Gasteiger partial charge is 0.497 e. The molecule has 1 heterocycles. The van der Waals surface area contributed by atoms with Crippen LogP contribution < -0.4 is 10.1 Å². The van der Waals surface area contributed by atoms with E-state index >= 15 is 0 Å². The van der Waals surface area contributed by atoms with Gasteiger partial charge in [0.2, 0.25) is 0 Å². The highest BCUT2D eigenvalue weighted by Gasteiger charge is 2.62. The summed E-state index contributed by atoms with van der Waals surface area (Å²) in [6.07, 6.45) is 2.65. The van der Waals surface area contributed by atoms with Crippen LogP contribution in [-0.2, 0) is 14.3 Å². The minimum atomic E-state index is -0.569. The van der Waals surface area contributed by atoms with Gasteiger partial charge in [-0.15, -0.1) is 0 Å². The third-order valence-electron chi connectivity index (χ3n) is 7.90. The number of nitrogens with one attached hydrogen (secondary N) is 1. The third kappa shape index (κ3) is 3.43. The van der Waals surface area contributed by atoms with Gasteiger partial charge in [0.15, 0.2) is 0 Å². The summed E-state index contributed by atoms with van der Waals surface area (Å²) in [4.78, 5) is 24.5. The van der Waals surface area contributed by atoms with Crippen LogP contribution in [0.15, 0.2) is 24.3 Å². The Balaban J connectivity index is 1.48. The van der Waals surface area contributed by atoms with E-state index in [4.69, 9.17) is 14.2 Å². The molecule has 1 aromatic carbocycles. The van der Waals surface area contributed by atoms with Crippen molar-refractivity contribution in [3.05, 3.63) is 24.3 Å². The molecule has 1 saturated heterocycles. The van der Waals surface area contributed by atoms with Crippen LogP contribution in [0.4, 0.5) is 10.5 Å². The number of rotatable bonds is 4. The van der Waals surface area contributed by atoms with E-state index in [0.717, 1.165) is 19.3 Å². The number of carbonyl (C=O) groups excluding carboxylic acids is 2. The average Bonchev–Trinajstić information content (AvgIpc) is 3.12. The molecular formula is C23H31NO6. The summed E-state index contributed by atoms with van der Waals surface area (Å²) in [6, 6.07) is 7.04. The van der Waals surface area contributed by atoms with Crippen LogP contribution in [0.3, 0.4) is 0 Å². The molecule has 1 aliphatic heterocycles. The molecule has 3 aliphatic rings. The van der Waals surface area contributed by atoms with Gasteiger partial charge in [0.25, 0.3) is 0 Å². The van der Waals surface area contributed by atoms with E-state index in [1.54, 1.807) is 31.4 Å². The molecule has 2 saturated carbocycles. The Kier molecular flexibility index (Phi) is 5.43. The predicted octanol–water partition coefficient (Wildman–Crippen LogP) is 3.75. The van der Waals surface area contributed by atoms with Gasteiger partial charge in [0.05, 0.1) is 20.1 Å². The highest BCUT2D eigenvalue weighted by Crippen LogP contribution is 2.62. The van der Waals surface area contributed by atoms with Crippen molar-refractivity contribution in [3.8, 4) is 5.75 Å². The smallest absolute Gasteiger partial charge is 0.411 e. The molecule has 2 aliphatic carbocycles.